The third-order valence-electron chi connectivity index (χ3n) is 2.85. The molecule has 17 heavy (non-hydrogen) atoms. The summed E-state index contributed by atoms with van der Waals surface area (Å²) in [6.07, 6.45) is 3.54. The normalized spacial score (nSPS) is 14.8. The van der Waals surface area contributed by atoms with Gasteiger partial charge in [0.25, 0.3) is 0 Å². The van der Waals surface area contributed by atoms with Crippen molar-refractivity contribution in [2.75, 3.05) is 13.2 Å². The van der Waals surface area contributed by atoms with Crippen LogP contribution < -0.4 is 0 Å². The van der Waals surface area contributed by atoms with Crippen LogP contribution in [0.1, 0.15) is 19.4 Å². The number of aliphatic hydroxyl groups is 1. The Morgan fingerprint density at radius 1 is 1.35 bits per heavy atom. The molecule has 1 aromatic carbocycles. The molecule has 0 aliphatic heterocycles. The maximum atomic E-state index is 10.5. The molecule has 1 heterocycles. The fourth-order valence-electron chi connectivity index (χ4n) is 1.97. The predicted octanol–water partition coefficient (Wildman–Crippen LogP) is 2.48. The number of hydrogen-bond acceptors (Lipinski definition) is 3. The summed E-state index contributed by atoms with van der Waals surface area (Å²) in [5.74, 6) is 0. The molecule has 90 valence electrons. The van der Waals surface area contributed by atoms with Crippen LogP contribution in [0.15, 0.2) is 36.7 Å². The maximum Gasteiger partial charge on any atom is 0.111 e. The van der Waals surface area contributed by atoms with E-state index in [-0.39, 0.29) is 0 Å². The molecule has 0 saturated carbocycles. The first-order valence-electron chi connectivity index (χ1n) is 5.78. The highest BCUT2D eigenvalue weighted by Gasteiger charge is 2.25. The Bertz CT molecular complexity index is 503. The van der Waals surface area contributed by atoms with Crippen LogP contribution in [0.2, 0.25) is 0 Å². The van der Waals surface area contributed by atoms with Gasteiger partial charge in [-0.3, -0.25) is 4.98 Å². The Balaban J connectivity index is 2.47. The van der Waals surface area contributed by atoms with Crippen LogP contribution in [-0.2, 0) is 10.3 Å². The SMILES string of the molecule is CCOCC(C)(O)c1cccc2cnccc12. The third kappa shape index (κ3) is 2.46. The standard InChI is InChI=1S/C14H17NO2/c1-3-17-10-14(2,16)13-6-4-5-11-9-15-8-7-12(11)13/h4-9,16H,3,10H2,1-2H3. The Kier molecular flexibility index (Phi) is 3.41. The minimum atomic E-state index is -0.975. The van der Waals surface area contributed by atoms with Crippen molar-refractivity contribution >= 4 is 10.8 Å². The summed E-state index contributed by atoms with van der Waals surface area (Å²) in [5, 5.41) is 12.5. The molecule has 2 rings (SSSR count). The smallest absolute Gasteiger partial charge is 0.111 e. The van der Waals surface area contributed by atoms with Crippen molar-refractivity contribution < 1.29 is 9.84 Å². The zero-order valence-electron chi connectivity index (χ0n) is 10.2. The lowest BCUT2D eigenvalue weighted by atomic mass is 9.92. The predicted molar refractivity (Wildman–Crippen MR) is 67.8 cm³/mol. The Morgan fingerprint density at radius 3 is 2.94 bits per heavy atom. The fourth-order valence-corrected chi connectivity index (χ4v) is 1.97. The van der Waals surface area contributed by atoms with Crippen molar-refractivity contribution in [2.45, 2.75) is 19.4 Å². The van der Waals surface area contributed by atoms with Crippen molar-refractivity contribution in [3.8, 4) is 0 Å². The number of ether oxygens (including phenoxy) is 1. The minimum absolute atomic E-state index is 0.297. The summed E-state index contributed by atoms with van der Waals surface area (Å²) in [4.78, 5) is 4.09. The van der Waals surface area contributed by atoms with Crippen LogP contribution in [0.25, 0.3) is 10.8 Å². The fraction of sp³-hybridized carbons (Fsp3) is 0.357. The molecule has 0 bridgehead atoms. The van der Waals surface area contributed by atoms with Gasteiger partial charge >= 0.3 is 0 Å². The molecule has 2 aromatic rings. The minimum Gasteiger partial charge on any atom is -0.383 e. The van der Waals surface area contributed by atoms with E-state index in [0.717, 1.165) is 16.3 Å². The lowest BCUT2D eigenvalue weighted by Gasteiger charge is -2.25. The quantitative estimate of drug-likeness (QED) is 0.879. The van der Waals surface area contributed by atoms with Gasteiger partial charge in [0.1, 0.15) is 5.60 Å². The van der Waals surface area contributed by atoms with Crippen molar-refractivity contribution in [3.63, 3.8) is 0 Å². The highest BCUT2D eigenvalue weighted by molar-refractivity contribution is 5.85. The molecule has 3 nitrogen and oxygen atoms in total. The molecule has 0 spiro atoms. The van der Waals surface area contributed by atoms with Crippen LogP contribution >= 0.6 is 0 Å². The van der Waals surface area contributed by atoms with Crippen LogP contribution in [0.3, 0.4) is 0 Å². The van der Waals surface area contributed by atoms with E-state index in [0.29, 0.717) is 13.2 Å². The summed E-state index contributed by atoms with van der Waals surface area (Å²) in [5.41, 5.74) is -0.0949. The van der Waals surface area contributed by atoms with Crippen LogP contribution in [-0.4, -0.2) is 23.3 Å². The molecule has 1 aromatic heterocycles. The molecule has 0 fully saturated rings. The average molecular weight is 231 g/mol. The summed E-state index contributed by atoms with van der Waals surface area (Å²) >= 11 is 0. The molecule has 0 amide bonds. The number of hydrogen-bond donors (Lipinski definition) is 1. The number of fused-ring (bicyclic) bond motifs is 1. The summed E-state index contributed by atoms with van der Waals surface area (Å²) in [6.45, 7) is 4.59. The molecular weight excluding hydrogens is 214 g/mol. The highest BCUT2D eigenvalue weighted by Crippen LogP contribution is 2.28. The van der Waals surface area contributed by atoms with Gasteiger partial charge < -0.3 is 9.84 Å². The van der Waals surface area contributed by atoms with Gasteiger partial charge in [0.2, 0.25) is 0 Å². The van der Waals surface area contributed by atoms with Crippen molar-refractivity contribution in [1.29, 1.82) is 0 Å². The van der Waals surface area contributed by atoms with Gasteiger partial charge in [-0.1, -0.05) is 18.2 Å². The molecule has 1 N–H and O–H groups in total. The van der Waals surface area contributed by atoms with Crippen LogP contribution in [0.4, 0.5) is 0 Å². The van der Waals surface area contributed by atoms with Gasteiger partial charge in [0.15, 0.2) is 0 Å². The monoisotopic (exact) mass is 231 g/mol. The Morgan fingerprint density at radius 2 is 2.18 bits per heavy atom. The molecule has 0 saturated heterocycles. The molecule has 0 aliphatic carbocycles. The highest BCUT2D eigenvalue weighted by atomic mass is 16.5. The van der Waals surface area contributed by atoms with Crippen molar-refractivity contribution in [3.05, 3.63) is 42.2 Å². The van der Waals surface area contributed by atoms with Gasteiger partial charge in [-0.2, -0.15) is 0 Å². The first kappa shape index (κ1) is 12.0. The van der Waals surface area contributed by atoms with E-state index in [9.17, 15) is 5.11 Å². The molecule has 3 heteroatoms. The summed E-state index contributed by atoms with van der Waals surface area (Å²) < 4.78 is 5.34. The van der Waals surface area contributed by atoms with Gasteiger partial charge in [-0.15, -0.1) is 0 Å². The number of pyridine rings is 1. The lowest BCUT2D eigenvalue weighted by Crippen LogP contribution is -2.28. The van der Waals surface area contributed by atoms with Crippen molar-refractivity contribution in [1.82, 2.24) is 4.98 Å². The first-order valence-corrected chi connectivity index (χ1v) is 5.78. The van der Waals surface area contributed by atoms with Crippen molar-refractivity contribution in [2.24, 2.45) is 0 Å². The van der Waals surface area contributed by atoms with E-state index in [2.05, 4.69) is 4.98 Å². The van der Waals surface area contributed by atoms with E-state index in [1.807, 2.05) is 31.2 Å². The number of rotatable bonds is 4. The zero-order chi connectivity index (χ0) is 12.3. The second kappa shape index (κ2) is 4.82. The van der Waals surface area contributed by atoms with Gasteiger partial charge in [0.05, 0.1) is 6.61 Å². The van der Waals surface area contributed by atoms with Gasteiger partial charge in [0, 0.05) is 24.4 Å². The maximum absolute atomic E-state index is 10.5. The van der Waals surface area contributed by atoms with E-state index in [4.69, 9.17) is 4.74 Å². The second-order valence-corrected chi connectivity index (χ2v) is 4.31. The molecule has 0 radical (unpaired) electrons. The van der Waals surface area contributed by atoms with Crippen LogP contribution in [0, 0.1) is 0 Å². The second-order valence-electron chi connectivity index (χ2n) is 4.31. The summed E-state index contributed by atoms with van der Waals surface area (Å²) in [7, 11) is 0. The lowest BCUT2D eigenvalue weighted by molar-refractivity contribution is -0.0333. The van der Waals surface area contributed by atoms with Gasteiger partial charge in [-0.25, -0.2) is 0 Å². The largest absolute Gasteiger partial charge is 0.383 e. The number of benzene rings is 1. The Labute approximate surface area is 101 Å². The third-order valence-corrected chi connectivity index (χ3v) is 2.85. The average Bonchev–Trinajstić information content (AvgIpc) is 2.36. The van der Waals surface area contributed by atoms with Gasteiger partial charge in [-0.05, 0) is 30.9 Å². The topological polar surface area (TPSA) is 42.4 Å². The number of nitrogens with zero attached hydrogens (tertiary/aromatic N) is 1. The molecule has 0 aliphatic rings. The first-order chi connectivity index (χ1) is 8.15. The number of aromatic nitrogens is 1. The van der Waals surface area contributed by atoms with Crippen LogP contribution in [0.5, 0.6) is 0 Å². The zero-order valence-corrected chi connectivity index (χ0v) is 10.2. The van der Waals surface area contributed by atoms with E-state index in [1.54, 1.807) is 19.3 Å². The molecule has 1 unspecified atom stereocenters. The summed E-state index contributed by atoms with van der Waals surface area (Å²) in [6, 6.07) is 7.77. The Hall–Kier alpha value is -1.45. The molecular formula is C14H17NO2. The van der Waals surface area contributed by atoms with E-state index >= 15 is 0 Å². The van der Waals surface area contributed by atoms with E-state index < -0.39 is 5.60 Å². The van der Waals surface area contributed by atoms with E-state index in [1.165, 1.54) is 0 Å². The molecule has 1 atom stereocenters.